The van der Waals surface area contributed by atoms with Crippen molar-refractivity contribution in [3.63, 3.8) is 0 Å². The molecule has 0 radical (unpaired) electrons. The molecule has 2 aromatic carbocycles. The predicted molar refractivity (Wildman–Crippen MR) is 94.4 cm³/mol. The fourth-order valence-corrected chi connectivity index (χ4v) is 2.79. The van der Waals surface area contributed by atoms with E-state index in [0.29, 0.717) is 12.0 Å². The van der Waals surface area contributed by atoms with Gasteiger partial charge in [-0.05, 0) is 41.3 Å². The van der Waals surface area contributed by atoms with Gasteiger partial charge in [0.15, 0.2) is 0 Å². The van der Waals surface area contributed by atoms with E-state index in [0.717, 1.165) is 10.5 Å². The van der Waals surface area contributed by atoms with Crippen molar-refractivity contribution >= 4 is 22.9 Å². The molecule has 1 amide bonds. The molecule has 2 aromatic rings. The Bertz CT molecular complexity index is 724. The topological polar surface area (TPSA) is 57.6 Å². The van der Waals surface area contributed by atoms with Crippen LogP contribution >= 0.6 is 11.6 Å². The van der Waals surface area contributed by atoms with Crippen LogP contribution < -0.4 is 0 Å². The van der Waals surface area contributed by atoms with Gasteiger partial charge in [0.05, 0.1) is 0 Å². The van der Waals surface area contributed by atoms with Crippen LogP contribution in [0.5, 0.6) is 0 Å². The maximum atomic E-state index is 13.6. The number of nitrogens with zero attached hydrogens (tertiary/aromatic N) is 1. The van der Waals surface area contributed by atoms with Crippen molar-refractivity contribution in [2.45, 2.75) is 18.8 Å². The molecule has 0 heterocycles. The van der Waals surface area contributed by atoms with Crippen LogP contribution in [0.3, 0.4) is 0 Å². The maximum Gasteiger partial charge on any atom is 0.407 e. The fourth-order valence-electron chi connectivity index (χ4n) is 2.70. The van der Waals surface area contributed by atoms with Crippen LogP contribution in [0.2, 0.25) is 0 Å². The Morgan fingerprint density at radius 2 is 1.84 bits per heavy atom. The number of carbonyl (C=O) groups is 2. The van der Waals surface area contributed by atoms with E-state index in [9.17, 15) is 19.1 Å². The van der Waals surface area contributed by atoms with Gasteiger partial charge in [-0.15, -0.1) is 0 Å². The summed E-state index contributed by atoms with van der Waals surface area (Å²) in [5.74, 6) is -0.604. The number of rotatable bonds is 8. The second-order valence-corrected chi connectivity index (χ2v) is 6.20. The molecule has 0 aliphatic carbocycles. The van der Waals surface area contributed by atoms with E-state index in [1.807, 2.05) is 30.3 Å². The highest BCUT2D eigenvalue weighted by atomic mass is 35.5. The number of halogens is 2. The largest absolute Gasteiger partial charge is 0.465 e. The normalized spacial score (nSPS) is 11.8. The summed E-state index contributed by atoms with van der Waals surface area (Å²) in [5.41, 5.74) is 1.74. The van der Waals surface area contributed by atoms with E-state index in [-0.39, 0.29) is 31.2 Å². The molecule has 132 valence electrons. The van der Waals surface area contributed by atoms with Gasteiger partial charge >= 0.3 is 6.09 Å². The quantitative estimate of drug-likeness (QED) is 0.712. The Balaban J connectivity index is 2.23. The number of benzene rings is 2. The first-order valence-electron chi connectivity index (χ1n) is 7.91. The minimum Gasteiger partial charge on any atom is -0.465 e. The summed E-state index contributed by atoms with van der Waals surface area (Å²) in [6, 6.07) is 15.7. The van der Waals surface area contributed by atoms with Gasteiger partial charge in [0.2, 0.25) is 5.24 Å². The Morgan fingerprint density at radius 1 is 1.12 bits per heavy atom. The molecule has 0 bridgehead atoms. The van der Waals surface area contributed by atoms with E-state index < -0.39 is 11.3 Å². The van der Waals surface area contributed by atoms with E-state index in [4.69, 9.17) is 11.6 Å². The number of hydrogen-bond acceptors (Lipinski definition) is 2. The van der Waals surface area contributed by atoms with E-state index in [1.54, 1.807) is 12.1 Å². The van der Waals surface area contributed by atoms with Gasteiger partial charge < -0.3 is 10.0 Å². The van der Waals surface area contributed by atoms with Crippen LogP contribution in [0, 0.1) is 5.82 Å². The zero-order valence-corrected chi connectivity index (χ0v) is 14.3. The average Bonchev–Trinajstić information content (AvgIpc) is 2.58. The highest BCUT2D eigenvalue weighted by molar-refractivity contribution is 6.63. The van der Waals surface area contributed by atoms with Crippen LogP contribution in [0.15, 0.2) is 54.6 Å². The summed E-state index contributed by atoms with van der Waals surface area (Å²) < 4.78 is 13.6. The monoisotopic (exact) mass is 363 g/mol. The van der Waals surface area contributed by atoms with Crippen LogP contribution in [0.4, 0.5) is 9.18 Å². The van der Waals surface area contributed by atoms with Crippen LogP contribution in [0.25, 0.3) is 0 Å². The lowest BCUT2D eigenvalue weighted by molar-refractivity contribution is -0.111. The molecule has 0 spiro atoms. The van der Waals surface area contributed by atoms with Crippen molar-refractivity contribution in [3.05, 3.63) is 71.5 Å². The standard InChI is InChI=1S/C19H19ClFNO3/c20-18(23)9-10-22(19(24)25)13-16(11-14-5-2-1-3-6-14)15-7-4-8-17(21)12-15/h1-8,12,16H,9-11,13H2,(H,24,25). The highest BCUT2D eigenvalue weighted by Gasteiger charge is 2.21. The van der Waals surface area contributed by atoms with Crippen molar-refractivity contribution in [2.75, 3.05) is 13.1 Å². The third-order valence-electron chi connectivity index (χ3n) is 3.93. The molecule has 0 aromatic heterocycles. The van der Waals surface area contributed by atoms with Gasteiger partial charge in [-0.2, -0.15) is 0 Å². The molecule has 0 saturated carbocycles. The minimum atomic E-state index is -1.13. The van der Waals surface area contributed by atoms with Gasteiger partial charge in [0.25, 0.3) is 0 Å². The smallest absolute Gasteiger partial charge is 0.407 e. The van der Waals surface area contributed by atoms with Crippen molar-refractivity contribution in [2.24, 2.45) is 0 Å². The van der Waals surface area contributed by atoms with Crippen LogP contribution in [0.1, 0.15) is 23.5 Å². The SMILES string of the molecule is O=C(Cl)CCN(CC(Cc1ccccc1)c1cccc(F)c1)C(=O)O. The lowest BCUT2D eigenvalue weighted by Gasteiger charge is -2.25. The van der Waals surface area contributed by atoms with Gasteiger partial charge in [0.1, 0.15) is 5.82 Å². The van der Waals surface area contributed by atoms with Crippen molar-refractivity contribution in [3.8, 4) is 0 Å². The van der Waals surface area contributed by atoms with Gasteiger partial charge in [-0.1, -0.05) is 42.5 Å². The average molecular weight is 364 g/mol. The molecule has 25 heavy (non-hydrogen) atoms. The summed E-state index contributed by atoms with van der Waals surface area (Å²) >= 11 is 5.32. The van der Waals surface area contributed by atoms with Crippen molar-refractivity contribution in [1.82, 2.24) is 4.90 Å². The summed E-state index contributed by atoms with van der Waals surface area (Å²) in [7, 11) is 0. The van der Waals surface area contributed by atoms with Crippen LogP contribution in [-0.2, 0) is 11.2 Å². The zero-order valence-electron chi connectivity index (χ0n) is 13.6. The predicted octanol–water partition coefficient (Wildman–Crippen LogP) is 4.29. The highest BCUT2D eigenvalue weighted by Crippen LogP contribution is 2.23. The molecule has 0 aliphatic rings. The van der Waals surface area contributed by atoms with Gasteiger partial charge in [-0.3, -0.25) is 4.79 Å². The summed E-state index contributed by atoms with van der Waals surface area (Å²) in [5, 5.41) is 8.81. The maximum absolute atomic E-state index is 13.6. The minimum absolute atomic E-state index is 0.0122. The second-order valence-electron chi connectivity index (χ2n) is 5.78. The summed E-state index contributed by atoms with van der Waals surface area (Å²) in [6.45, 7) is 0.163. The van der Waals surface area contributed by atoms with E-state index >= 15 is 0 Å². The lowest BCUT2D eigenvalue weighted by atomic mass is 9.91. The molecule has 0 saturated heterocycles. The molecule has 1 unspecified atom stereocenters. The summed E-state index contributed by atoms with van der Waals surface area (Å²) in [6.07, 6.45) is -0.634. The molecular formula is C19H19ClFNO3. The number of carboxylic acid groups (broad SMARTS) is 1. The molecule has 1 atom stereocenters. The van der Waals surface area contributed by atoms with Gasteiger partial charge in [-0.25, -0.2) is 9.18 Å². The zero-order chi connectivity index (χ0) is 18.2. The van der Waals surface area contributed by atoms with Crippen molar-refractivity contribution < 1.29 is 19.1 Å². The molecule has 1 N–H and O–H groups in total. The third-order valence-corrected chi connectivity index (χ3v) is 4.12. The molecule has 2 rings (SSSR count). The van der Waals surface area contributed by atoms with E-state index in [2.05, 4.69) is 0 Å². The molecule has 0 aliphatic heterocycles. The first-order chi connectivity index (χ1) is 12.0. The third kappa shape index (κ3) is 6.19. The lowest BCUT2D eigenvalue weighted by Crippen LogP contribution is -2.35. The second kappa shape index (κ2) is 9.18. The molecule has 0 fully saturated rings. The first kappa shape index (κ1) is 18.9. The van der Waals surface area contributed by atoms with Crippen LogP contribution in [-0.4, -0.2) is 34.4 Å². The molecular weight excluding hydrogens is 345 g/mol. The van der Waals surface area contributed by atoms with Gasteiger partial charge in [0, 0.05) is 25.4 Å². The number of amides is 1. The summed E-state index contributed by atoms with van der Waals surface area (Å²) in [4.78, 5) is 23.6. The molecule has 6 heteroatoms. The molecule has 4 nitrogen and oxygen atoms in total. The Kier molecular flexibility index (Phi) is 6.95. The Morgan fingerprint density at radius 3 is 2.44 bits per heavy atom. The number of carbonyl (C=O) groups excluding carboxylic acids is 1. The van der Waals surface area contributed by atoms with Crippen molar-refractivity contribution in [1.29, 1.82) is 0 Å². The Hall–Kier alpha value is -2.40. The first-order valence-corrected chi connectivity index (χ1v) is 8.29. The number of hydrogen-bond donors (Lipinski definition) is 1. The fraction of sp³-hybridized carbons (Fsp3) is 0.263. The Labute approximate surface area is 150 Å². The van der Waals surface area contributed by atoms with E-state index in [1.165, 1.54) is 12.1 Å².